The molecular formula is C32H26N4. The Labute approximate surface area is 211 Å². The molecule has 0 N–H and O–H groups in total. The molecule has 4 nitrogen and oxygen atoms in total. The average Bonchev–Trinajstić information content (AvgIpc) is 3.28. The van der Waals surface area contributed by atoms with E-state index in [-0.39, 0.29) is 10.8 Å². The van der Waals surface area contributed by atoms with E-state index in [2.05, 4.69) is 133 Å². The van der Waals surface area contributed by atoms with Crippen molar-refractivity contribution in [2.45, 2.75) is 38.5 Å². The lowest BCUT2D eigenvalue weighted by atomic mass is 9.82. The molecular weight excluding hydrogens is 440 g/mol. The Balaban J connectivity index is 1.24. The van der Waals surface area contributed by atoms with Crippen LogP contribution in [0.4, 0.5) is 0 Å². The van der Waals surface area contributed by atoms with Crippen LogP contribution in [0.1, 0.15) is 49.9 Å². The van der Waals surface area contributed by atoms with Crippen molar-refractivity contribution in [3.63, 3.8) is 0 Å². The fourth-order valence-electron chi connectivity index (χ4n) is 6.15. The Hall–Kier alpha value is -4.18. The van der Waals surface area contributed by atoms with Crippen LogP contribution in [0.25, 0.3) is 45.0 Å². The third-order valence-electron chi connectivity index (χ3n) is 8.16. The smallest absolute Gasteiger partial charge is 0.126 e. The summed E-state index contributed by atoms with van der Waals surface area (Å²) in [6.45, 7) is 9.09. The maximum absolute atomic E-state index is 4.49. The van der Waals surface area contributed by atoms with Crippen LogP contribution in [0, 0.1) is 0 Å². The van der Waals surface area contributed by atoms with Gasteiger partial charge in [-0.15, -0.1) is 20.4 Å². The second-order valence-electron chi connectivity index (χ2n) is 10.9. The number of hydrogen-bond acceptors (Lipinski definition) is 4. The standard InChI is InChI=1S/C32H26N4/c1-31(2)25-11-7-5-9-21(25)23-15-13-19(17-27(23)31)29-33-35-30(36-34-29)20-14-16-24-22-10-6-8-12-26(22)32(3,4)28(24)18-20/h5-18H,1-4H3. The van der Waals surface area contributed by atoms with Crippen molar-refractivity contribution in [1.29, 1.82) is 0 Å². The van der Waals surface area contributed by atoms with E-state index in [4.69, 9.17) is 0 Å². The zero-order valence-corrected chi connectivity index (χ0v) is 20.9. The molecule has 4 heteroatoms. The lowest BCUT2D eigenvalue weighted by molar-refractivity contribution is 0.660. The summed E-state index contributed by atoms with van der Waals surface area (Å²) in [6, 6.07) is 30.2. The number of nitrogens with zero attached hydrogens (tertiary/aromatic N) is 4. The van der Waals surface area contributed by atoms with E-state index >= 15 is 0 Å². The highest BCUT2D eigenvalue weighted by Gasteiger charge is 2.36. The molecule has 36 heavy (non-hydrogen) atoms. The third-order valence-corrected chi connectivity index (χ3v) is 8.16. The van der Waals surface area contributed by atoms with Crippen molar-refractivity contribution in [2.24, 2.45) is 0 Å². The van der Waals surface area contributed by atoms with Crippen LogP contribution >= 0.6 is 0 Å². The predicted octanol–water partition coefficient (Wildman–Crippen LogP) is 7.21. The minimum Gasteiger partial charge on any atom is -0.126 e. The molecule has 0 atom stereocenters. The zero-order chi connectivity index (χ0) is 24.7. The predicted molar refractivity (Wildman–Crippen MR) is 144 cm³/mol. The van der Waals surface area contributed by atoms with Gasteiger partial charge in [-0.05, 0) is 56.6 Å². The van der Waals surface area contributed by atoms with E-state index in [9.17, 15) is 0 Å². The van der Waals surface area contributed by atoms with Gasteiger partial charge in [0.2, 0.25) is 11.6 Å². The first kappa shape index (κ1) is 21.1. The number of fused-ring (bicyclic) bond motifs is 6. The maximum atomic E-state index is 4.49. The van der Waals surface area contributed by atoms with Crippen LogP contribution in [-0.4, -0.2) is 20.4 Å². The molecule has 7 rings (SSSR count). The molecule has 1 heterocycles. The van der Waals surface area contributed by atoms with Crippen molar-refractivity contribution in [3.05, 3.63) is 107 Å². The minimum atomic E-state index is -0.0719. The van der Waals surface area contributed by atoms with E-state index in [1.807, 2.05) is 0 Å². The molecule has 5 aromatic rings. The van der Waals surface area contributed by atoms with E-state index in [0.29, 0.717) is 11.6 Å². The molecule has 2 aliphatic carbocycles. The highest BCUT2D eigenvalue weighted by atomic mass is 15.3. The third kappa shape index (κ3) is 2.81. The normalized spacial score (nSPS) is 15.7. The molecule has 0 bridgehead atoms. The quantitative estimate of drug-likeness (QED) is 0.276. The van der Waals surface area contributed by atoms with Gasteiger partial charge in [0.15, 0.2) is 0 Å². The van der Waals surface area contributed by atoms with Gasteiger partial charge in [-0.2, -0.15) is 0 Å². The van der Waals surface area contributed by atoms with Gasteiger partial charge >= 0.3 is 0 Å². The Morgan fingerprint density at radius 2 is 0.778 bits per heavy atom. The lowest BCUT2D eigenvalue weighted by Crippen LogP contribution is -2.15. The second kappa shape index (κ2) is 7.17. The van der Waals surface area contributed by atoms with Crippen LogP contribution < -0.4 is 0 Å². The molecule has 0 saturated heterocycles. The van der Waals surface area contributed by atoms with Gasteiger partial charge in [0.25, 0.3) is 0 Å². The summed E-state index contributed by atoms with van der Waals surface area (Å²) < 4.78 is 0. The largest absolute Gasteiger partial charge is 0.203 e. The van der Waals surface area contributed by atoms with Crippen LogP contribution in [0.3, 0.4) is 0 Å². The second-order valence-corrected chi connectivity index (χ2v) is 10.9. The van der Waals surface area contributed by atoms with E-state index in [1.165, 1.54) is 44.5 Å². The maximum Gasteiger partial charge on any atom is 0.203 e. The van der Waals surface area contributed by atoms with Gasteiger partial charge in [-0.3, -0.25) is 0 Å². The van der Waals surface area contributed by atoms with Crippen molar-refractivity contribution < 1.29 is 0 Å². The number of rotatable bonds is 2. The average molecular weight is 467 g/mol. The van der Waals surface area contributed by atoms with E-state index < -0.39 is 0 Å². The highest BCUT2D eigenvalue weighted by molar-refractivity contribution is 5.84. The molecule has 0 radical (unpaired) electrons. The summed E-state index contributed by atoms with van der Waals surface area (Å²) in [5.74, 6) is 1.09. The minimum absolute atomic E-state index is 0.0719. The molecule has 1 aromatic heterocycles. The van der Waals surface area contributed by atoms with Crippen molar-refractivity contribution in [1.82, 2.24) is 20.4 Å². The Morgan fingerprint density at radius 3 is 1.19 bits per heavy atom. The first-order valence-electron chi connectivity index (χ1n) is 12.4. The Bertz CT molecular complexity index is 1550. The number of benzene rings is 4. The monoisotopic (exact) mass is 466 g/mol. The van der Waals surface area contributed by atoms with Crippen LogP contribution in [0.15, 0.2) is 84.9 Å². The summed E-state index contributed by atoms with van der Waals surface area (Å²) in [6.07, 6.45) is 0. The summed E-state index contributed by atoms with van der Waals surface area (Å²) in [5.41, 5.74) is 12.2. The molecule has 0 unspecified atom stereocenters. The SMILES string of the molecule is CC1(C)c2ccccc2-c2ccc(-c3nnc(-c4ccc5c(c4)C(C)(C)c4ccccc4-5)nn3)cc21. The number of hydrogen-bond donors (Lipinski definition) is 0. The fourth-order valence-corrected chi connectivity index (χ4v) is 6.15. The van der Waals surface area contributed by atoms with Gasteiger partial charge in [0.05, 0.1) is 0 Å². The molecule has 2 aliphatic rings. The summed E-state index contributed by atoms with van der Waals surface area (Å²) in [4.78, 5) is 0. The molecule has 0 aliphatic heterocycles. The lowest BCUT2D eigenvalue weighted by Gasteiger charge is -2.21. The highest BCUT2D eigenvalue weighted by Crippen LogP contribution is 2.50. The molecule has 0 amide bonds. The van der Waals surface area contributed by atoms with Crippen molar-refractivity contribution in [2.75, 3.05) is 0 Å². The van der Waals surface area contributed by atoms with Crippen LogP contribution in [-0.2, 0) is 10.8 Å². The fraction of sp³-hybridized carbons (Fsp3) is 0.188. The van der Waals surface area contributed by atoms with E-state index in [1.54, 1.807) is 0 Å². The summed E-state index contributed by atoms with van der Waals surface area (Å²) >= 11 is 0. The molecule has 174 valence electrons. The Morgan fingerprint density at radius 1 is 0.417 bits per heavy atom. The van der Waals surface area contributed by atoms with Gasteiger partial charge in [0.1, 0.15) is 0 Å². The zero-order valence-electron chi connectivity index (χ0n) is 20.9. The molecule has 0 fully saturated rings. The molecule has 0 saturated carbocycles. The van der Waals surface area contributed by atoms with E-state index in [0.717, 1.165) is 11.1 Å². The summed E-state index contributed by atoms with van der Waals surface area (Å²) in [7, 11) is 0. The summed E-state index contributed by atoms with van der Waals surface area (Å²) in [5, 5.41) is 18.0. The van der Waals surface area contributed by atoms with Gasteiger partial charge < -0.3 is 0 Å². The molecule has 0 spiro atoms. The van der Waals surface area contributed by atoms with Crippen molar-refractivity contribution >= 4 is 0 Å². The van der Waals surface area contributed by atoms with Gasteiger partial charge in [0, 0.05) is 22.0 Å². The van der Waals surface area contributed by atoms with Gasteiger partial charge in [-0.25, -0.2) is 0 Å². The van der Waals surface area contributed by atoms with Crippen LogP contribution in [0.5, 0.6) is 0 Å². The molecule has 4 aromatic carbocycles. The number of aromatic nitrogens is 4. The van der Waals surface area contributed by atoms with Crippen LogP contribution in [0.2, 0.25) is 0 Å². The Kier molecular flexibility index (Phi) is 4.21. The van der Waals surface area contributed by atoms with Crippen molar-refractivity contribution in [3.8, 4) is 45.0 Å². The van der Waals surface area contributed by atoms with Gasteiger partial charge in [-0.1, -0.05) is 100 Å². The topological polar surface area (TPSA) is 51.6 Å². The first-order chi connectivity index (χ1) is 17.4. The first-order valence-corrected chi connectivity index (χ1v) is 12.4.